The van der Waals surface area contributed by atoms with Crippen LogP contribution in [0.25, 0.3) is 0 Å². The molecule has 5 heteroatoms. The lowest BCUT2D eigenvalue weighted by Crippen LogP contribution is -2.38. The second-order valence-corrected chi connectivity index (χ2v) is 7.13. The third kappa shape index (κ3) is 3.93. The van der Waals surface area contributed by atoms with Gasteiger partial charge in [0.05, 0.1) is 12.3 Å². The van der Waals surface area contributed by atoms with E-state index in [-0.39, 0.29) is 5.91 Å². The molecule has 0 spiro atoms. The summed E-state index contributed by atoms with van der Waals surface area (Å²) in [6, 6.07) is 5.95. The van der Waals surface area contributed by atoms with Crippen LogP contribution in [0.2, 0.25) is 0 Å². The van der Waals surface area contributed by atoms with Gasteiger partial charge in [0, 0.05) is 43.4 Å². The van der Waals surface area contributed by atoms with Crippen molar-refractivity contribution in [2.75, 3.05) is 20.2 Å². The fourth-order valence-corrected chi connectivity index (χ4v) is 3.55. The molecule has 0 radical (unpaired) electrons. The molecule has 1 aromatic carbocycles. The Morgan fingerprint density at radius 2 is 1.92 bits per heavy atom. The molecule has 1 amide bonds. The lowest BCUT2D eigenvalue weighted by molar-refractivity contribution is 0.0711. The number of amides is 1. The highest BCUT2D eigenvalue weighted by molar-refractivity contribution is 5.94. The van der Waals surface area contributed by atoms with Gasteiger partial charge in [-0.15, -0.1) is 0 Å². The van der Waals surface area contributed by atoms with Crippen LogP contribution in [0.4, 0.5) is 0 Å². The van der Waals surface area contributed by atoms with E-state index in [0.29, 0.717) is 12.5 Å². The molecule has 3 rings (SSSR count). The van der Waals surface area contributed by atoms with Crippen LogP contribution in [-0.4, -0.2) is 41.0 Å². The van der Waals surface area contributed by atoms with Crippen molar-refractivity contribution in [3.05, 3.63) is 58.2 Å². The predicted octanol–water partition coefficient (Wildman–Crippen LogP) is 3.57. The summed E-state index contributed by atoms with van der Waals surface area (Å²) in [7, 11) is 1.69. The maximum absolute atomic E-state index is 12.8. The summed E-state index contributed by atoms with van der Waals surface area (Å²) in [6.07, 6.45) is 3.71. The van der Waals surface area contributed by atoms with Crippen molar-refractivity contribution in [2.24, 2.45) is 0 Å². The van der Waals surface area contributed by atoms with Crippen LogP contribution >= 0.6 is 0 Å². The SMILES string of the molecule is COCc1cnc(C)nc1C1CCN(C(=O)c2ccc(C)c(C)c2)CC1. The monoisotopic (exact) mass is 353 g/mol. The Balaban J connectivity index is 1.70. The number of piperidine rings is 1. The number of rotatable bonds is 4. The number of hydrogen-bond acceptors (Lipinski definition) is 4. The minimum Gasteiger partial charge on any atom is -0.380 e. The number of nitrogens with zero attached hydrogens (tertiary/aromatic N) is 3. The zero-order valence-electron chi connectivity index (χ0n) is 16.1. The zero-order chi connectivity index (χ0) is 18.7. The lowest BCUT2D eigenvalue weighted by atomic mass is 9.90. The van der Waals surface area contributed by atoms with Gasteiger partial charge in [-0.25, -0.2) is 9.97 Å². The van der Waals surface area contributed by atoms with Gasteiger partial charge in [0.15, 0.2) is 0 Å². The molecule has 0 N–H and O–H groups in total. The van der Waals surface area contributed by atoms with Crippen molar-refractivity contribution in [3.8, 4) is 0 Å². The van der Waals surface area contributed by atoms with Crippen LogP contribution in [0.3, 0.4) is 0 Å². The summed E-state index contributed by atoms with van der Waals surface area (Å²) in [5.41, 5.74) is 5.29. The Morgan fingerprint density at radius 3 is 2.58 bits per heavy atom. The molecule has 1 aliphatic heterocycles. The van der Waals surface area contributed by atoms with Gasteiger partial charge in [-0.2, -0.15) is 0 Å². The lowest BCUT2D eigenvalue weighted by Gasteiger charge is -2.32. The van der Waals surface area contributed by atoms with E-state index in [0.717, 1.165) is 54.1 Å². The number of likely N-dealkylation sites (tertiary alicyclic amines) is 1. The van der Waals surface area contributed by atoms with E-state index < -0.39 is 0 Å². The first-order valence-electron chi connectivity index (χ1n) is 9.17. The van der Waals surface area contributed by atoms with Crippen molar-refractivity contribution >= 4 is 5.91 Å². The summed E-state index contributed by atoms with van der Waals surface area (Å²) in [4.78, 5) is 23.7. The van der Waals surface area contributed by atoms with Crippen LogP contribution in [0, 0.1) is 20.8 Å². The first kappa shape index (κ1) is 18.5. The Labute approximate surface area is 155 Å². The van der Waals surface area contributed by atoms with Gasteiger partial charge in [-0.1, -0.05) is 6.07 Å². The summed E-state index contributed by atoms with van der Waals surface area (Å²) >= 11 is 0. The highest BCUT2D eigenvalue weighted by atomic mass is 16.5. The molecule has 1 fully saturated rings. The average molecular weight is 353 g/mol. The molecule has 1 aliphatic rings. The fourth-order valence-electron chi connectivity index (χ4n) is 3.55. The largest absolute Gasteiger partial charge is 0.380 e. The van der Waals surface area contributed by atoms with Crippen molar-refractivity contribution in [1.29, 1.82) is 0 Å². The number of aryl methyl sites for hydroxylation is 3. The van der Waals surface area contributed by atoms with Gasteiger partial charge in [-0.05, 0) is 56.9 Å². The van der Waals surface area contributed by atoms with E-state index >= 15 is 0 Å². The minimum atomic E-state index is 0.127. The highest BCUT2D eigenvalue weighted by Gasteiger charge is 2.27. The first-order chi connectivity index (χ1) is 12.5. The van der Waals surface area contributed by atoms with Crippen molar-refractivity contribution in [1.82, 2.24) is 14.9 Å². The quantitative estimate of drug-likeness (QED) is 0.843. The molecule has 0 unspecified atom stereocenters. The normalized spacial score (nSPS) is 15.3. The van der Waals surface area contributed by atoms with Gasteiger partial charge < -0.3 is 9.64 Å². The zero-order valence-corrected chi connectivity index (χ0v) is 16.1. The third-order valence-corrected chi connectivity index (χ3v) is 5.24. The van der Waals surface area contributed by atoms with E-state index in [9.17, 15) is 4.79 Å². The summed E-state index contributed by atoms with van der Waals surface area (Å²) in [5, 5.41) is 0. The molecule has 138 valence electrons. The second kappa shape index (κ2) is 7.96. The molecule has 0 aliphatic carbocycles. The summed E-state index contributed by atoms with van der Waals surface area (Å²) < 4.78 is 5.29. The molecule has 1 saturated heterocycles. The summed E-state index contributed by atoms with van der Waals surface area (Å²) in [5.74, 6) is 1.27. The van der Waals surface area contributed by atoms with Crippen LogP contribution in [0.5, 0.6) is 0 Å². The number of ether oxygens (including phenoxy) is 1. The summed E-state index contributed by atoms with van der Waals surface area (Å²) in [6.45, 7) is 8.07. The Kier molecular flexibility index (Phi) is 5.67. The Hall–Kier alpha value is -2.27. The molecule has 0 bridgehead atoms. The van der Waals surface area contributed by atoms with Crippen molar-refractivity contribution in [2.45, 2.75) is 46.1 Å². The second-order valence-electron chi connectivity index (χ2n) is 7.13. The van der Waals surface area contributed by atoms with Crippen LogP contribution in [-0.2, 0) is 11.3 Å². The number of methoxy groups -OCH3 is 1. The molecule has 2 aromatic rings. The van der Waals surface area contributed by atoms with Gasteiger partial charge in [0.2, 0.25) is 0 Å². The molecule has 1 aromatic heterocycles. The number of aromatic nitrogens is 2. The molecule has 0 saturated carbocycles. The van der Waals surface area contributed by atoms with Crippen LogP contribution in [0.1, 0.15) is 57.3 Å². The van der Waals surface area contributed by atoms with Crippen LogP contribution in [0.15, 0.2) is 24.4 Å². The van der Waals surface area contributed by atoms with Crippen molar-refractivity contribution < 1.29 is 9.53 Å². The van der Waals surface area contributed by atoms with E-state index in [1.54, 1.807) is 7.11 Å². The van der Waals surface area contributed by atoms with E-state index in [4.69, 9.17) is 4.74 Å². The minimum absolute atomic E-state index is 0.127. The molecular weight excluding hydrogens is 326 g/mol. The smallest absolute Gasteiger partial charge is 0.253 e. The number of benzene rings is 1. The average Bonchev–Trinajstić information content (AvgIpc) is 2.65. The third-order valence-electron chi connectivity index (χ3n) is 5.24. The Morgan fingerprint density at radius 1 is 1.19 bits per heavy atom. The molecule has 26 heavy (non-hydrogen) atoms. The van der Waals surface area contributed by atoms with Crippen molar-refractivity contribution in [3.63, 3.8) is 0 Å². The molecule has 5 nitrogen and oxygen atoms in total. The number of carbonyl (C=O) groups excluding carboxylic acids is 1. The predicted molar refractivity (Wildman–Crippen MR) is 101 cm³/mol. The molecule has 2 heterocycles. The fraction of sp³-hybridized carbons (Fsp3) is 0.476. The number of hydrogen-bond donors (Lipinski definition) is 0. The maximum atomic E-state index is 12.8. The molecule has 0 atom stereocenters. The Bertz CT molecular complexity index is 796. The van der Waals surface area contributed by atoms with E-state index in [1.807, 2.05) is 43.1 Å². The van der Waals surface area contributed by atoms with Gasteiger partial charge in [0.25, 0.3) is 5.91 Å². The topological polar surface area (TPSA) is 55.3 Å². The maximum Gasteiger partial charge on any atom is 0.253 e. The van der Waals surface area contributed by atoms with E-state index in [2.05, 4.69) is 16.9 Å². The molecular formula is C21H27N3O2. The highest BCUT2D eigenvalue weighted by Crippen LogP contribution is 2.30. The van der Waals surface area contributed by atoms with E-state index in [1.165, 1.54) is 5.56 Å². The van der Waals surface area contributed by atoms with Crippen LogP contribution < -0.4 is 0 Å². The van der Waals surface area contributed by atoms with Gasteiger partial charge in [0.1, 0.15) is 5.82 Å². The van der Waals surface area contributed by atoms with Gasteiger partial charge >= 0.3 is 0 Å². The standard InChI is InChI=1S/C21H27N3O2/c1-14-5-6-18(11-15(14)2)21(25)24-9-7-17(8-10-24)20-19(13-26-4)12-22-16(3)23-20/h5-6,11-12,17H,7-10,13H2,1-4H3. The van der Waals surface area contributed by atoms with Gasteiger partial charge in [-0.3, -0.25) is 4.79 Å². The first-order valence-corrected chi connectivity index (χ1v) is 9.17. The number of carbonyl (C=O) groups is 1.